The zero-order valence-electron chi connectivity index (χ0n) is 16.7. The summed E-state index contributed by atoms with van der Waals surface area (Å²) in [5.74, 6) is 0.767. The maximum absolute atomic E-state index is 12.7. The molecule has 1 aliphatic rings. The Kier molecular flexibility index (Phi) is 6.56. The van der Waals surface area contributed by atoms with Crippen LogP contribution in [0.25, 0.3) is 0 Å². The standard InChI is InChI=1S/C21H25N3O5/c1-4-28-20(25)18-16(22-21(26)23-19(18)17-6-5-11-29-17)13-24(2)12-14-7-9-15(27-3)10-8-14/h5-11,19H,4,12-13H2,1-3H3,(H2,22,23,26). The van der Waals surface area contributed by atoms with Gasteiger partial charge in [-0.3, -0.25) is 4.90 Å². The van der Waals surface area contributed by atoms with Crippen molar-refractivity contribution in [2.75, 3.05) is 27.3 Å². The zero-order valence-corrected chi connectivity index (χ0v) is 16.7. The van der Waals surface area contributed by atoms with Crippen LogP contribution in [0.3, 0.4) is 0 Å². The summed E-state index contributed by atoms with van der Waals surface area (Å²) in [5.41, 5.74) is 1.90. The van der Waals surface area contributed by atoms with Crippen LogP contribution in [0.1, 0.15) is 24.3 Å². The Morgan fingerprint density at radius 3 is 2.59 bits per heavy atom. The summed E-state index contributed by atoms with van der Waals surface area (Å²) in [6.45, 7) is 2.95. The van der Waals surface area contributed by atoms with Gasteiger partial charge in [0.05, 0.1) is 25.6 Å². The predicted molar refractivity (Wildman–Crippen MR) is 106 cm³/mol. The highest BCUT2D eigenvalue weighted by Crippen LogP contribution is 2.28. The Hall–Kier alpha value is -3.26. The maximum atomic E-state index is 12.7. The SMILES string of the molecule is CCOC(=O)C1=C(CN(C)Cc2ccc(OC)cc2)NC(=O)NC1c1ccco1. The lowest BCUT2D eigenvalue weighted by Gasteiger charge is -2.30. The minimum atomic E-state index is -0.706. The fraction of sp³-hybridized carbons (Fsp3) is 0.333. The quantitative estimate of drug-likeness (QED) is 0.663. The molecule has 1 aromatic heterocycles. The molecule has 3 rings (SSSR count). The minimum absolute atomic E-state index is 0.232. The number of urea groups is 1. The van der Waals surface area contributed by atoms with E-state index < -0.39 is 18.0 Å². The summed E-state index contributed by atoms with van der Waals surface area (Å²) >= 11 is 0. The van der Waals surface area contributed by atoms with Crippen LogP contribution >= 0.6 is 0 Å². The first kappa shape index (κ1) is 20.5. The van der Waals surface area contributed by atoms with Gasteiger partial charge in [-0.1, -0.05) is 12.1 Å². The first-order chi connectivity index (χ1) is 14.0. The van der Waals surface area contributed by atoms with Crippen molar-refractivity contribution in [3.63, 3.8) is 0 Å². The van der Waals surface area contributed by atoms with Gasteiger partial charge in [-0.15, -0.1) is 0 Å². The minimum Gasteiger partial charge on any atom is -0.497 e. The molecular weight excluding hydrogens is 374 g/mol. The Morgan fingerprint density at radius 1 is 1.21 bits per heavy atom. The average Bonchev–Trinajstić information content (AvgIpc) is 3.23. The van der Waals surface area contributed by atoms with Crippen molar-refractivity contribution in [2.45, 2.75) is 19.5 Å². The molecule has 2 heterocycles. The lowest BCUT2D eigenvalue weighted by atomic mass is 10.00. The van der Waals surface area contributed by atoms with Crippen molar-refractivity contribution in [1.82, 2.24) is 15.5 Å². The summed E-state index contributed by atoms with van der Waals surface area (Å²) in [7, 11) is 3.54. The Bertz CT molecular complexity index is 874. The molecule has 0 saturated carbocycles. The van der Waals surface area contributed by atoms with Gasteiger partial charge in [-0.05, 0) is 43.8 Å². The fourth-order valence-electron chi connectivity index (χ4n) is 3.23. The number of hydrogen-bond donors (Lipinski definition) is 2. The molecule has 2 aromatic rings. The average molecular weight is 399 g/mol. The van der Waals surface area contributed by atoms with Crippen LogP contribution in [0.5, 0.6) is 5.75 Å². The molecule has 0 spiro atoms. The molecule has 2 N–H and O–H groups in total. The molecule has 1 aromatic carbocycles. The van der Waals surface area contributed by atoms with Crippen LogP contribution in [0.2, 0.25) is 0 Å². The summed E-state index contributed by atoms with van der Waals surface area (Å²) in [6, 6.07) is 10.1. The van der Waals surface area contributed by atoms with Crippen molar-refractivity contribution < 1.29 is 23.5 Å². The molecule has 1 atom stereocenters. The first-order valence-corrected chi connectivity index (χ1v) is 9.34. The molecule has 8 nitrogen and oxygen atoms in total. The summed E-state index contributed by atoms with van der Waals surface area (Å²) in [6.07, 6.45) is 1.50. The molecule has 154 valence electrons. The number of carbonyl (C=O) groups is 2. The molecule has 29 heavy (non-hydrogen) atoms. The van der Waals surface area contributed by atoms with E-state index in [1.165, 1.54) is 6.26 Å². The lowest BCUT2D eigenvalue weighted by Crippen LogP contribution is -2.48. The van der Waals surface area contributed by atoms with Gasteiger partial charge in [0.2, 0.25) is 0 Å². The molecule has 1 aliphatic heterocycles. The van der Waals surface area contributed by atoms with E-state index in [9.17, 15) is 9.59 Å². The fourth-order valence-corrected chi connectivity index (χ4v) is 3.23. The van der Waals surface area contributed by atoms with Crippen molar-refractivity contribution in [1.29, 1.82) is 0 Å². The van der Waals surface area contributed by atoms with E-state index in [0.29, 0.717) is 30.1 Å². The van der Waals surface area contributed by atoms with Crippen LogP contribution in [0.4, 0.5) is 4.79 Å². The van der Waals surface area contributed by atoms with E-state index in [1.54, 1.807) is 26.2 Å². The van der Waals surface area contributed by atoms with Gasteiger partial charge in [-0.2, -0.15) is 0 Å². The highest BCUT2D eigenvalue weighted by Gasteiger charge is 2.35. The molecule has 1 unspecified atom stereocenters. The second-order valence-corrected chi connectivity index (χ2v) is 6.68. The number of nitrogens with one attached hydrogen (secondary N) is 2. The molecule has 0 fully saturated rings. The van der Waals surface area contributed by atoms with Crippen LogP contribution in [0.15, 0.2) is 58.3 Å². The summed E-state index contributed by atoms with van der Waals surface area (Å²) in [4.78, 5) is 26.9. The second-order valence-electron chi connectivity index (χ2n) is 6.68. The third-order valence-corrected chi connectivity index (χ3v) is 4.52. The Balaban J connectivity index is 1.85. The van der Waals surface area contributed by atoms with E-state index in [-0.39, 0.29) is 6.61 Å². The molecule has 0 aliphatic carbocycles. The summed E-state index contributed by atoms with van der Waals surface area (Å²) < 4.78 is 15.9. The van der Waals surface area contributed by atoms with Crippen molar-refractivity contribution in [3.05, 3.63) is 65.3 Å². The number of likely N-dealkylation sites (N-methyl/N-ethyl adjacent to an activating group) is 1. The zero-order chi connectivity index (χ0) is 20.8. The summed E-state index contributed by atoms with van der Waals surface area (Å²) in [5, 5.41) is 5.50. The molecule has 8 heteroatoms. The number of carbonyl (C=O) groups excluding carboxylic acids is 2. The predicted octanol–water partition coefficient (Wildman–Crippen LogP) is 2.59. The number of amides is 2. The smallest absolute Gasteiger partial charge is 0.338 e. The van der Waals surface area contributed by atoms with Gasteiger partial charge in [0.15, 0.2) is 0 Å². The number of hydrogen-bond acceptors (Lipinski definition) is 6. The van der Waals surface area contributed by atoms with Gasteiger partial charge in [0, 0.05) is 18.8 Å². The number of nitrogens with zero attached hydrogens (tertiary/aromatic N) is 1. The lowest BCUT2D eigenvalue weighted by molar-refractivity contribution is -0.139. The van der Waals surface area contributed by atoms with E-state index >= 15 is 0 Å². The van der Waals surface area contributed by atoms with Crippen molar-refractivity contribution >= 4 is 12.0 Å². The van der Waals surface area contributed by atoms with Gasteiger partial charge >= 0.3 is 12.0 Å². The van der Waals surface area contributed by atoms with Crippen LogP contribution in [-0.2, 0) is 16.1 Å². The Morgan fingerprint density at radius 2 is 1.97 bits per heavy atom. The van der Waals surface area contributed by atoms with E-state index in [1.807, 2.05) is 36.2 Å². The highest BCUT2D eigenvalue weighted by atomic mass is 16.5. The van der Waals surface area contributed by atoms with E-state index in [4.69, 9.17) is 13.9 Å². The third kappa shape index (κ3) is 4.97. The van der Waals surface area contributed by atoms with Crippen LogP contribution in [-0.4, -0.2) is 44.2 Å². The van der Waals surface area contributed by atoms with Gasteiger partial charge < -0.3 is 24.5 Å². The molecule has 0 saturated heterocycles. The van der Waals surface area contributed by atoms with Crippen LogP contribution in [0, 0.1) is 0 Å². The van der Waals surface area contributed by atoms with Gasteiger partial charge in [0.25, 0.3) is 0 Å². The number of methoxy groups -OCH3 is 1. The molecule has 2 amide bonds. The number of ether oxygens (including phenoxy) is 2. The largest absolute Gasteiger partial charge is 0.497 e. The topological polar surface area (TPSA) is 93.0 Å². The number of furan rings is 1. The number of benzene rings is 1. The highest BCUT2D eigenvalue weighted by molar-refractivity contribution is 5.95. The maximum Gasteiger partial charge on any atom is 0.338 e. The first-order valence-electron chi connectivity index (χ1n) is 9.34. The molecule has 0 bridgehead atoms. The number of rotatable bonds is 8. The monoisotopic (exact) mass is 399 g/mol. The normalized spacial score (nSPS) is 16.4. The van der Waals surface area contributed by atoms with Crippen molar-refractivity contribution in [3.8, 4) is 5.75 Å². The third-order valence-electron chi connectivity index (χ3n) is 4.52. The number of esters is 1. The van der Waals surface area contributed by atoms with E-state index in [0.717, 1.165) is 11.3 Å². The second kappa shape index (κ2) is 9.29. The van der Waals surface area contributed by atoms with Gasteiger partial charge in [0.1, 0.15) is 17.6 Å². The molecule has 0 radical (unpaired) electrons. The van der Waals surface area contributed by atoms with Crippen molar-refractivity contribution in [2.24, 2.45) is 0 Å². The van der Waals surface area contributed by atoms with E-state index in [2.05, 4.69) is 10.6 Å². The van der Waals surface area contributed by atoms with Crippen LogP contribution < -0.4 is 15.4 Å². The molecular formula is C21H25N3O5. The Labute approximate surface area is 169 Å². The van der Waals surface area contributed by atoms with Gasteiger partial charge in [-0.25, -0.2) is 9.59 Å².